The summed E-state index contributed by atoms with van der Waals surface area (Å²) < 4.78 is 41.2. The highest BCUT2D eigenvalue weighted by molar-refractivity contribution is 5.89. The first-order valence-electron chi connectivity index (χ1n) is 5.57. The summed E-state index contributed by atoms with van der Waals surface area (Å²) in [5.41, 5.74) is -2.06. The van der Waals surface area contributed by atoms with Gasteiger partial charge in [0.2, 0.25) is 0 Å². The van der Waals surface area contributed by atoms with E-state index in [9.17, 15) is 18.0 Å². The van der Waals surface area contributed by atoms with Crippen molar-refractivity contribution in [3.63, 3.8) is 0 Å². The van der Waals surface area contributed by atoms with Gasteiger partial charge in [-0.15, -0.1) is 0 Å². The summed E-state index contributed by atoms with van der Waals surface area (Å²) in [4.78, 5) is 14.7. The third-order valence-corrected chi connectivity index (χ3v) is 2.78. The van der Waals surface area contributed by atoms with E-state index in [1.807, 2.05) is 0 Å². The number of carboxylic acid groups (broad SMARTS) is 1. The van der Waals surface area contributed by atoms with E-state index in [-0.39, 0.29) is 11.3 Å². The summed E-state index contributed by atoms with van der Waals surface area (Å²) in [5, 5.41) is 16.2. The van der Waals surface area contributed by atoms with E-state index in [1.165, 1.54) is 16.8 Å². The van der Waals surface area contributed by atoms with Crippen LogP contribution in [-0.4, -0.2) is 35.5 Å². The van der Waals surface area contributed by atoms with E-state index in [0.29, 0.717) is 10.9 Å². The van der Waals surface area contributed by atoms with Crippen molar-refractivity contribution in [1.82, 2.24) is 24.4 Å². The fourth-order valence-electron chi connectivity index (χ4n) is 1.95. The fourth-order valence-corrected chi connectivity index (χ4v) is 1.95. The molecule has 108 valence electrons. The maximum absolute atomic E-state index is 13.1. The van der Waals surface area contributed by atoms with Gasteiger partial charge in [-0.2, -0.15) is 23.4 Å². The minimum absolute atomic E-state index is 0.158. The summed E-state index contributed by atoms with van der Waals surface area (Å²) in [6, 6.07) is 3.07. The Balaban J connectivity index is 2.33. The van der Waals surface area contributed by atoms with Crippen molar-refractivity contribution in [2.75, 3.05) is 0 Å². The molecule has 0 aromatic carbocycles. The number of hydrogen-bond donors (Lipinski definition) is 1. The lowest BCUT2D eigenvalue weighted by molar-refractivity contribution is -0.143. The van der Waals surface area contributed by atoms with E-state index in [1.54, 1.807) is 6.07 Å². The van der Waals surface area contributed by atoms with Gasteiger partial charge in [-0.25, -0.2) is 19.0 Å². The lowest BCUT2D eigenvalue weighted by Crippen LogP contribution is -2.18. The van der Waals surface area contributed by atoms with Crippen molar-refractivity contribution < 1.29 is 23.1 Å². The molecule has 0 atom stereocenters. The zero-order chi connectivity index (χ0) is 15.2. The van der Waals surface area contributed by atoms with E-state index in [2.05, 4.69) is 15.2 Å². The number of carboxylic acids is 1. The molecule has 0 aliphatic carbocycles. The van der Waals surface area contributed by atoms with Gasteiger partial charge in [0.05, 0.1) is 6.20 Å². The van der Waals surface area contributed by atoms with Crippen molar-refractivity contribution in [2.24, 2.45) is 0 Å². The molecule has 0 amide bonds. The lowest BCUT2D eigenvalue weighted by Gasteiger charge is -2.11. The molecule has 0 spiro atoms. The largest absolute Gasteiger partial charge is 0.478 e. The Hall–Kier alpha value is -2.91. The Morgan fingerprint density at radius 1 is 1.29 bits per heavy atom. The SMILES string of the molecule is O=C(O)c1cnn(-c2ncnn3cccc23)c1C(F)(F)F. The number of aromatic nitrogens is 5. The van der Waals surface area contributed by atoms with Crippen molar-refractivity contribution in [1.29, 1.82) is 0 Å². The maximum Gasteiger partial charge on any atom is 0.434 e. The van der Waals surface area contributed by atoms with Gasteiger partial charge >= 0.3 is 12.1 Å². The number of nitrogens with zero attached hydrogens (tertiary/aromatic N) is 5. The molecule has 0 bridgehead atoms. The predicted molar refractivity (Wildman–Crippen MR) is 62.1 cm³/mol. The number of rotatable bonds is 2. The Labute approximate surface area is 114 Å². The van der Waals surface area contributed by atoms with Crippen molar-refractivity contribution >= 4 is 11.5 Å². The first-order valence-corrected chi connectivity index (χ1v) is 5.57. The average molecular weight is 297 g/mol. The van der Waals surface area contributed by atoms with Crippen molar-refractivity contribution in [2.45, 2.75) is 6.18 Å². The van der Waals surface area contributed by atoms with Gasteiger partial charge < -0.3 is 5.11 Å². The van der Waals surface area contributed by atoms with Gasteiger partial charge in [0.1, 0.15) is 17.4 Å². The van der Waals surface area contributed by atoms with Crippen LogP contribution in [0.25, 0.3) is 11.3 Å². The Bertz CT molecular complexity index is 836. The molecule has 0 saturated carbocycles. The summed E-state index contributed by atoms with van der Waals surface area (Å²) in [5.74, 6) is -1.87. The topological polar surface area (TPSA) is 85.3 Å². The number of fused-ring (bicyclic) bond motifs is 1. The Kier molecular flexibility index (Phi) is 2.68. The van der Waals surface area contributed by atoms with Crippen LogP contribution in [0.5, 0.6) is 0 Å². The van der Waals surface area contributed by atoms with Gasteiger partial charge in [0.15, 0.2) is 11.5 Å². The molecule has 1 N–H and O–H groups in total. The first kappa shape index (κ1) is 13.1. The van der Waals surface area contributed by atoms with Crippen LogP contribution < -0.4 is 0 Å². The second-order valence-electron chi connectivity index (χ2n) is 4.04. The number of carbonyl (C=O) groups is 1. The standard InChI is InChI=1S/C11H6F3N5O2/c12-11(13,14)8-6(10(20)21)4-16-19(8)9-7-2-1-3-18(7)17-5-15-9/h1-5H,(H,20,21). The number of hydrogen-bond acceptors (Lipinski definition) is 4. The molecule has 21 heavy (non-hydrogen) atoms. The van der Waals surface area contributed by atoms with E-state index in [4.69, 9.17) is 5.11 Å². The average Bonchev–Trinajstić information content (AvgIpc) is 3.04. The lowest BCUT2D eigenvalue weighted by atomic mass is 10.2. The van der Waals surface area contributed by atoms with Crippen LogP contribution >= 0.6 is 0 Å². The van der Waals surface area contributed by atoms with Crippen LogP contribution in [0.15, 0.2) is 30.9 Å². The maximum atomic E-state index is 13.1. The molecule has 0 fully saturated rings. The fraction of sp³-hybridized carbons (Fsp3) is 0.0909. The van der Waals surface area contributed by atoms with Crippen LogP contribution in [0.1, 0.15) is 16.1 Å². The smallest absolute Gasteiger partial charge is 0.434 e. The third-order valence-electron chi connectivity index (χ3n) is 2.78. The summed E-state index contributed by atoms with van der Waals surface area (Å²) in [7, 11) is 0. The van der Waals surface area contributed by atoms with Crippen LogP contribution in [0.2, 0.25) is 0 Å². The zero-order valence-electron chi connectivity index (χ0n) is 10.1. The van der Waals surface area contributed by atoms with Gasteiger partial charge in [-0.05, 0) is 12.1 Å². The number of alkyl halides is 3. The number of aromatic carboxylic acids is 1. The summed E-state index contributed by atoms with van der Waals surface area (Å²) in [6.45, 7) is 0. The molecule has 3 aromatic rings. The highest BCUT2D eigenvalue weighted by atomic mass is 19.4. The molecular weight excluding hydrogens is 291 g/mol. The van der Waals surface area contributed by atoms with Crippen LogP contribution in [0, 0.1) is 0 Å². The Morgan fingerprint density at radius 3 is 2.71 bits per heavy atom. The molecule has 10 heteroatoms. The molecule has 0 unspecified atom stereocenters. The monoisotopic (exact) mass is 297 g/mol. The molecule has 0 saturated heterocycles. The quantitative estimate of drug-likeness (QED) is 0.777. The molecule has 0 radical (unpaired) electrons. The normalized spacial score (nSPS) is 12.0. The highest BCUT2D eigenvalue weighted by Crippen LogP contribution is 2.33. The van der Waals surface area contributed by atoms with E-state index >= 15 is 0 Å². The van der Waals surface area contributed by atoms with Gasteiger partial charge in [-0.3, -0.25) is 0 Å². The van der Waals surface area contributed by atoms with Crippen LogP contribution in [-0.2, 0) is 6.18 Å². The minimum Gasteiger partial charge on any atom is -0.478 e. The molecule has 3 rings (SSSR count). The molecule has 3 aromatic heterocycles. The van der Waals surface area contributed by atoms with Gasteiger partial charge in [0.25, 0.3) is 0 Å². The summed E-state index contributed by atoms with van der Waals surface area (Å²) in [6.07, 6.45) is -1.66. The van der Waals surface area contributed by atoms with Gasteiger partial charge in [-0.1, -0.05) is 0 Å². The molecule has 0 aliphatic heterocycles. The second-order valence-corrected chi connectivity index (χ2v) is 4.04. The van der Waals surface area contributed by atoms with Crippen molar-refractivity contribution in [3.05, 3.63) is 42.1 Å². The minimum atomic E-state index is -4.89. The number of halogens is 3. The van der Waals surface area contributed by atoms with E-state index < -0.39 is 23.4 Å². The second kappa shape index (κ2) is 4.30. The molecular formula is C11H6F3N5O2. The molecule has 7 nitrogen and oxygen atoms in total. The highest BCUT2D eigenvalue weighted by Gasteiger charge is 2.41. The van der Waals surface area contributed by atoms with Crippen LogP contribution in [0.4, 0.5) is 13.2 Å². The predicted octanol–water partition coefficient (Wildman–Crippen LogP) is 1.63. The van der Waals surface area contributed by atoms with Crippen LogP contribution in [0.3, 0.4) is 0 Å². The molecule has 0 aliphatic rings. The van der Waals surface area contributed by atoms with E-state index in [0.717, 1.165) is 6.33 Å². The zero-order valence-corrected chi connectivity index (χ0v) is 10.1. The molecule has 3 heterocycles. The summed E-state index contributed by atoms with van der Waals surface area (Å²) >= 11 is 0. The first-order chi connectivity index (χ1) is 9.89. The third kappa shape index (κ3) is 2.00. The van der Waals surface area contributed by atoms with Crippen molar-refractivity contribution in [3.8, 4) is 5.82 Å². The van der Waals surface area contributed by atoms with Gasteiger partial charge in [0, 0.05) is 6.20 Å². The Morgan fingerprint density at radius 2 is 2.05 bits per heavy atom.